The molecule has 0 spiro atoms. The van der Waals surface area contributed by atoms with Crippen LogP contribution >= 0.6 is 46.1 Å². The summed E-state index contributed by atoms with van der Waals surface area (Å²) in [6, 6.07) is 4.56. The van der Waals surface area contributed by atoms with Crippen molar-refractivity contribution in [2.75, 3.05) is 18.0 Å². The Hall–Kier alpha value is -1.80. The summed E-state index contributed by atoms with van der Waals surface area (Å²) in [7, 11) is 0. The van der Waals surface area contributed by atoms with Crippen LogP contribution in [0, 0.1) is 0 Å². The van der Waals surface area contributed by atoms with E-state index in [9.17, 15) is 9.90 Å². The van der Waals surface area contributed by atoms with Crippen molar-refractivity contribution in [3.8, 4) is 17.0 Å². The molecule has 0 aliphatic carbocycles. The predicted octanol–water partition coefficient (Wildman–Crippen LogP) is 3.50. The number of aromatic nitrogens is 3. The molecule has 150 valence electrons. The molecule has 29 heavy (non-hydrogen) atoms. The molecule has 0 saturated heterocycles. The molecule has 0 bridgehead atoms. The second-order valence-electron chi connectivity index (χ2n) is 7.13. The van der Waals surface area contributed by atoms with E-state index in [4.69, 9.17) is 34.8 Å². The van der Waals surface area contributed by atoms with Gasteiger partial charge < -0.3 is 5.11 Å². The first kappa shape index (κ1) is 19.2. The van der Waals surface area contributed by atoms with Crippen molar-refractivity contribution < 1.29 is 9.67 Å². The Balaban J connectivity index is 1.82. The zero-order chi connectivity index (χ0) is 20.3. The van der Waals surface area contributed by atoms with Crippen LogP contribution in [-0.4, -0.2) is 22.6 Å². The standard InChI is InChI=1S/C19H15Cl3N4O2S/c20-11-6-10(7-12(21)8-11)15-16(27)25-4-1-3-24-5-2-13(14-9-23-18(22)29-14)26(17(15)28)19(24)25/h6-9,13H,1-5H2. The normalized spacial score (nSPS) is 18.0. The molecule has 0 radical (unpaired) electrons. The molecule has 2 aliphatic rings. The maximum absolute atomic E-state index is 13.7. The first-order valence-electron chi connectivity index (χ1n) is 9.16. The quantitative estimate of drug-likeness (QED) is 0.539. The molecule has 3 aromatic rings. The molecule has 2 aliphatic heterocycles. The van der Waals surface area contributed by atoms with Gasteiger partial charge in [-0.15, -0.1) is 11.3 Å². The molecule has 0 fully saturated rings. The van der Waals surface area contributed by atoms with Crippen LogP contribution in [0.5, 0.6) is 5.88 Å². The van der Waals surface area contributed by atoms with E-state index in [0.29, 0.717) is 32.6 Å². The van der Waals surface area contributed by atoms with Crippen LogP contribution in [0.2, 0.25) is 14.5 Å². The zero-order valence-corrected chi connectivity index (χ0v) is 18.2. The lowest BCUT2D eigenvalue weighted by Gasteiger charge is -2.36. The lowest BCUT2D eigenvalue weighted by Crippen LogP contribution is -2.64. The highest BCUT2D eigenvalue weighted by molar-refractivity contribution is 7.15. The SMILES string of the molecule is O=c1c(-c2cc(Cl)cc(Cl)c2)c([O-])n2c3[n+]1C(c1cnc(Cl)s1)CCN3CCC2. The van der Waals surface area contributed by atoms with Gasteiger partial charge in [-0.2, -0.15) is 4.57 Å². The van der Waals surface area contributed by atoms with Crippen molar-refractivity contribution in [1.29, 1.82) is 0 Å². The minimum absolute atomic E-state index is 0.0857. The molecule has 10 heteroatoms. The lowest BCUT2D eigenvalue weighted by molar-refractivity contribution is -0.722. The molecule has 6 nitrogen and oxygen atoms in total. The van der Waals surface area contributed by atoms with Crippen LogP contribution < -0.4 is 20.1 Å². The van der Waals surface area contributed by atoms with Gasteiger partial charge in [-0.1, -0.05) is 34.8 Å². The fourth-order valence-corrected chi connectivity index (χ4v) is 5.84. The number of benzene rings is 1. The molecule has 1 unspecified atom stereocenters. The lowest BCUT2D eigenvalue weighted by atomic mass is 10.0. The Labute approximate surface area is 185 Å². The molecular weight excluding hydrogens is 455 g/mol. The zero-order valence-electron chi connectivity index (χ0n) is 15.1. The summed E-state index contributed by atoms with van der Waals surface area (Å²) in [4.78, 5) is 20.8. The molecule has 5 rings (SSSR count). The van der Waals surface area contributed by atoms with Gasteiger partial charge in [0.1, 0.15) is 6.04 Å². The van der Waals surface area contributed by atoms with Crippen molar-refractivity contribution in [3.05, 3.63) is 54.1 Å². The highest BCUT2D eigenvalue weighted by Gasteiger charge is 2.40. The van der Waals surface area contributed by atoms with Crippen molar-refractivity contribution in [1.82, 2.24) is 9.55 Å². The maximum atomic E-state index is 13.7. The van der Waals surface area contributed by atoms with Gasteiger partial charge in [0.2, 0.25) is 0 Å². The Morgan fingerprint density at radius 1 is 1.14 bits per heavy atom. The van der Waals surface area contributed by atoms with Crippen LogP contribution in [0.25, 0.3) is 11.1 Å². The number of anilines is 1. The van der Waals surface area contributed by atoms with Crippen molar-refractivity contribution in [2.24, 2.45) is 0 Å². The van der Waals surface area contributed by atoms with Crippen molar-refractivity contribution in [2.45, 2.75) is 25.4 Å². The van der Waals surface area contributed by atoms with E-state index < -0.39 is 0 Å². The van der Waals surface area contributed by atoms with Crippen molar-refractivity contribution in [3.63, 3.8) is 0 Å². The molecular formula is C19H15Cl3N4O2S. The van der Waals surface area contributed by atoms with Crippen molar-refractivity contribution >= 4 is 52.1 Å². The highest BCUT2D eigenvalue weighted by atomic mass is 35.5. The Morgan fingerprint density at radius 2 is 1.90 bits per heavy atom. The number of halogens is 3. The predicted molar refractivity (Wildman–Crippen MR) is 113 cm³/mol. The minimum Gasteiger partial charge on any atom is -0.848 e. The smallest absolute Gasteiger partial charge is 0.362 e. The molecule has 0 saturated carbocycles. The molecule has 2 aromatic heterocycles. The van der Waals surface area contributed by atoms with Crippen LogP contribution in [0.1, 0.15) is 23.8 Å². The molecule has 0 N–H and O–H groups in total. The van der Waals surface area contributed by atoms with Crippen LogP contribution in [-0.2, 0) is 6.54 Å². The number of nitrogens with zero attached hydrogens (tertiary/aromatic N) is 4. The number of hydrogen-bond acceptors (Lipinski definition) is 5. The van der Waals surface area contributed by atoms with Gasteiger partial charge in [0.25, 0.3) is 0 Å². The summed E-state index contributed by atoms with van der Waals surface area (Å²) in [6.07, 6.45) is 3.29. The summed E-state index contributed by atoms with van der Waals surface area (Å²) < 4.78 is 3.85. The summed E-state index contributed by atoms with van der Waals surface area (Å²) in [5.41, 5.74) is 0.170. The third-order valence-corrected chi connectivity index (χ3v) is 7.05. The second kappa shape index (κ2) is 7.16. The largest absolute Gasteiger partial charge is 0.848 e. The Morgan fingerprint density at radius 3 is 2.59 bits per heavy atom. The number of rotatable bonds is 2. The third kappa shape index (κ3) is 3.11. The first-order chi connectivity index (χ1) is 13.9. The average Bonchev–Trinajstić information content (AvgIpc) is 3.11. The van der Waals surface area contributed by atoms with Crippen LogP contribution in [0.3, 0.4) is 0 Å². The second-order valence-corrected chi connectivity index (χ2v) is 9.64. The van der Waals surface area contributed by atoms with E-state index in [1.807, 2.05) is 0 Å². The summed E-state index contributed by atoms with van der Waals surface area (Å²) in [6.45, 7) is 2.14. The summed E-state index contributed by atoms with van der Waals surface area (Å²) in [5, 5.41) is 14.1. The number of hydrogen-bond donors (Lipinski definition) is 0. The fourth-order valence-electron chi connectivity index (χ4n) is 4.24. The molecule has 0 amide bonds. The monoisotopic (exact) mass is 468 g/mol. The van der Waals surface area contributed by atoms with Gasteiger partial charge in [0.05, 0.1) is 30.1 Å². The van der Waals surface area contributed by atoms with Gasteiger partial charge in [-0.25, -0.2) is 9.55 Å². The fraction of sp³-hybridized carbons (Fsp3) is 0.316. The number of thiazole rings is 1. The van der Waals surface area contributed by atoms with E-state index in [0.717, 1.165) is 30.8 Å². The molecule has 1 atom stereocenters. The van der Waals surface area contributed by atoms with Crippen LogP contribution in [0.4, 0.5) is 5.95 Å². The third-order valence-electron chi connectivity index (χ3n) is 5.40. The van der Waals surface area contributed by atoms with Gasteiger partial charge in [-0.3, -0.25) is 9.69 Å². The Bertz CT molecular complexity index is 1170. The topological polar surface area (TPSA) is 65.1 Å². The van der Waals surface area contributed by atoms with Crippen LogP contribution in [0.15, 0.2) is 29.2 Å². The van der Waals surface area contributed by atoms with E-state index in [1.54, 1.807) is 33.5 Å². The molecule has 1 aromatic carbocycles. The molecule has 4 heterocycles. The highest BCUT2D eigenvalue weighted by Crippen LogP contribution is 2.36. The van der Waals surface area contributed by atoms with E-state index in [2.05, 4.69) is 9.88 Å². The van der Waals surface area contributed by atoms with E-state index in [1.165, 1.54) is 11.3 Å². The summed E-state index contributed by atoms with van der Waals surface area (Å²) in [5.74, 6) is 0.344. The minimum atomic E-state index is -0.347. The first-order valence-corrected chi connectivity index (χ1v) is 11.1. The summed E-state index contributed by atoms with van der Waals surface area (Å²) >= 11 is 19.7. The van der Waals surface area contributed by atoms with Gasteiger partial charge in [0.15, 0.2) is 4.47 Å². The van der Waals surface area contributed by atoms with Gasteiger partial charge in [0, 0.05) is 35.0 Å². The van der Waals surface area contributed by atoms with Gasteiger partial charge in [-0.05, 0) is 23.8 Å². The Kier molecular flexibility index (Phi) is 4.74. The van der Waals surface area contributed by atoms with E-state index >= 15 is 0 Å². The van der Waals surface area contributed by atoms with E-state index in [-0.39, 0.29) is 23.0 Å². The average molecular weight is 470 g/mol. The van der Waals surface area contributed by atoms with Gasteiger partial charge >= 0.3 is 11.5 Å². The maximum Gasteiger partial charge on any atom is 0.362 e.